The maximum atomic E-state index is 13.4. The van der Waals surface area contributed by atoms with E-state index in [2.05, 4.69) is 10.6 Å². The van der Waals surface area contributed by atoms with E-state index in [0.29, 0.717) is 5.56 Å². The summed E-state index contributed by atoms with van der Waals surface area (Å²) in [6, 6.07) is 10.5. The van der Waals surface area contributed by atoms with Crippen molar-refractivity contribution >= 4 is 27.9 Å². The third-order valence-electron chi connectivity index (χ3n) is 2.77. The Labute approximate surface area is 132 Å². The van der Waals surface area contributed by atoms with Gasteiger partial charge in [0.25, 0.3) is 10.1 Å². The zero-order chi connectivity index (χ0) is 16.9. The van der Waals surface area contributed by atoms with Gasteiger partial charge >= 0.3 is 6.03 Å². The molecule has 2 aromatic carbocycles. The highest BCUT2D eigenvalue weighted by molar-refractivity contribution is 7.85. The molecule has 0 fully saturated rings. The molecule has 120 valence electrons. The summed E-state index contributed by atoms with van der Waals surface area (Å²) in [5.74, 6) is -0.424. The smallest absolute Gasteiger partial charge is 0.314 e. The van der Waals surface area contributed by atoms with Crippen molar-refractivity contribution in [3.05, 3.63) is 66.1 Å². The van der Waals surface area contributed by atoms with Crippen LogP contribution in [0.25, 0.3) is 6.08 Å². The van der Waals surface area contributed by atoms with E-state index in [0.717, 1.165) is 6.07 Å². The highest BCUT2D eigenvalue weighted by Gasteiger charge is 2.10. The molecule has 2 amide bonds. The second-order valence-electron chi connectivity index (χ2n) is 4.46. The zero-order valence-electron chi connectivity index (χ0n) is 11.7. The molecular formula is C15H13FN2O4S. The van der Waals surface area contributed by atoms with Crippen LogP contribution in [-0.4, -0.2) is 19.0 Å². The van der Waals surface area contributed by atoms with Gasteiger partial charge in [-0.2, -0.15) is 8.42 Å². The summed E-state index contributed by atoms with van der Waals surface area (Å²) in [4.78, 5) is 11.3. The Bertz CT molecular complexity index is 850. The minimum Gasteiger partial charge on any atom is -0.314 e. The van der Waals surface area contributed by atoms with E-state index in [1.54, 1.807) is 18.2 Å². The number of carbonyl (C=O) groups is 1. The van der Waals surface area contributed by atoms with Crippen molar-refractivity contribution in [3.63, 3.8) is 0 Å². The predicted octanol–water partition coefficient (Wildman–Crippen LogP) is 2.86. The largest absolute Gasteiger partial charge is 0.323 e. The number of hydrogen-bond acceptors (Lipinski definition) is 3. The molecule has 0 bridgehead atoms. The molecule has 0 atom stereocenters. The van der Waals surface area contributed by atoms with Crippen molar-refractivity contribution in [1.29, 1.82) is 0 Å². The summed E-state index contributed by atoms with van der Waals surface area (Å²) in [6.07, 6.45) is 2.63. The Morgan fingerprint density at radius 2 is 1.87 bits per heavy atom. The Hall–Kier alpha value is -2.71. The Morgan fingerprint density at radius 1 is 1.13 bits per heavy atom. The molecule has 2 rings (SSSR count). The van der Waals surface area contributed by atoms with Crippen LogP contribution in [0.4, 0.5) is 14.9 Å². The van der Waals surface area contributed by atoms with Crippen LogP contribution >= 0.6 is 0 Å². The maximum absolute atomic E-state index is 13.4. The molecule has 0 heterocycles. The number of hydrogen-bond donors (Lipinski definition) is 3. The van der Waals surface area contributed by atoms with E-state index in [4.69, 9.17) is 4.55 Å². The number of halogens is 1. The van der Waals surface area contributed by atoms with E-state index in [9.17, 15) is 17.6 Å². The van der Waals surface area contributed by atoms with Gasteiger partial charge in [-0.05, 0) is 30.3 Å². The van der Waals surface area contributed by atoms with Crippen LogP contribution < -0.4 is 10.6 Å². The number of nitrogens with one attached hydrogen (secondary N) is 2. The van der Waals surface area contributed by atoms with Gasteiger partial charge in [0.15, 0.2) is 0 Å². The molecule has 0 spiro atoms. The topological polar surface area (TPSA) is 95.5 Å². The highest BCUT2D eigenvalue weighted by Crippen LogP contribution is 2.15. The number of rotatable bonds is 4. The van der Waals surface area contributed by atoms with Gasteiger partial charge in [-0.3, -0.25) is 4.55 Å². The molecule has 0 radical (unpaired) electrons. The van der Waals surface area contributed by atoms with Crippen molar-refractivity contribution in [2.45, 2.75) is 4.90 Å². The van der Waals surface area contributed by atoms with Crippen LogP contribution in [-0.2, 0) is 10.1 Å². The predicted molar refractivity (Wildman–Crippen MR) is 83.8 cm³/mol. The lowest BCUT2D eigenvalue weighted by atomic mass is 10.2. The average Bonchev–Trinajstić information content (AvgIpc) is 2.48. The van der Waals surface area contributed by atoms with Crippen LogP contribution in [0.1, 0.15) is 5.56 Å². The molecule has 8 heteroatoms. The van der Waals surface area contributed by atoms with Gasteiger partial charge in [0, 0.05) is 17.5 Å². The Morgan fingerprint density at radius 3 is 2.57 bits per heavy atom. The third kappa shape index (κ3) is 4.90. The van der Waals surface area contributed by atoms with Crippen LogP contribution in [0, 0.1) is 5.82 Å². The van der Waals surface area contributed by atoms with Crippen LogP contribution in [0.15, 0.2) is 59.6 Å². The summed E-state index contributed by atoms with van der Waals surface area (Å²) in [6.45, 7) is 0. The van der Waals surface area contributed by atoms with E-state index >= 15 is 0 Å². The van der Waals surface area contributed by atoms with Crippen LogP contribution in [0.5, 0.6) is 0 Å². The minimum absolute atomic E-state index is 0.178. The van der Waals surface area contributed by atoms with Crippen LogP contribution in [0.2, 0.25) is 0 Å². The van der Waals surface area contributed by atoms with Gasteiger partial charge in [-0.15, -0.1) is 0 Å². The fourth-order valence-electron chi connectivity index (χ4n) is 1.72. The summed E-state index contributed by atoms with van der Waals surface area (Å²) in [5, 5.41) is 4.74. The minimum atomic E-state index is -4.35. The molecule has 0 aromatic heterocycles. The number of carbonyl (C=O) groups excluding carboxylic acids is 1. The van der Waals surface area contributed by atoms with Gasteiger partial charge in [0.05, 0.1) is 4.90 Å². The van der Waals surface area contributed by atoms with E-state index < -0.39 is 22.0 Å². The first-order valence-electron chi connectivity index (χ1n) is 6.42. The molecule has 2 aromatic rings. The average molecular weight is 336 g/mol. The van der Waals surface area contributed by atoms with Gasteiger partial charge in [0.1, 0.15) is 5.82 Å². The first kappa shape index (κ1) is 16.7. The van der Waals surface area contributed by atoms with Gasteiger partial charge in [-0.1, -0.05) is 24.3 Å². The van der Waals surface area contributed by atoms with Crippen molar-refractivity contribution < 1.29 is 22.2 Å². The van der Waals surface area contributed by atoms with Crippen molar-refractivity contribution in [1.82, 2.24) is 5.32 Å². The summed E-state index contributed by atoms with van der Waals surface area (Å²) < 4.78 is 44.3. The van der Waals surface area contributed by atoms with Crippen LogP contribution in [0.3, 0.4) is 0 Å². The van der Waals surface area contributed by atoms with Crippen molar-refractivity contribution in [2.24, 2.45) is 0 Å². The van der Waals surface area contributed by atoms with Gasteiger partial charge in [-0.25, -0.2) is 9.18 Å². The number of urea groups is 1. The SMILES string of the molecule is O=C(N/C=C/c1ccccc1F)Nc1cccc(S(=O)(=O)O)c1. The number of benzene rings is 2. The number of anilines is 1. The fourth-order valence-corrected chi connectivity index (χ4v) is 2.25. The van der Waals surface area contributed by atoms with Crippen molar-refractivity contribution in [2.75, 3.05) is 5.32 Å². The lowest BCUT2D eigenvalue weighted by Crippen LogP contribution is -2.23. The first-order valence-corrected chi connectivity index (χ1v) is 7.86. The highest BCUT2D eigenvalue weighted by atomic mass is 32.2. The van der Waals surface area contributed by atoms with E-state index in [1.807, 2.05) is 0 Å². The molecule has 6 nitrogen and oxygen atoms in total. The summed E-state index contributed by atoms with van der Waals surface area (Å²) >= 11 is 0. The second kappa shape index (κ2) is 7.03. The lowest BCUT2D eigenvalue weighted by molar-refractivity contribution is 0.255. The van der Waals surface area contributed by atoms with Gasteiger partial charge in [0.2, 0.25) is 0 Å². The quantitative estimate of drug-likeness (QED) is 0.748. The molecule has 0 aliphatic heterocycles. The standard InChI is InChI=1S/C15H13FN2O4S/c16-14-7-2-1-4-11(14)8-9-17-15(19)18-12-5-3-6-13(10-12)23(20,21)22/h1-10H,(H2,17,18,19)(H,20,21,22)/b9-8+. The number of amides is 2. The zero-order valence-corrected chi connectivity index (χ0v) is 12.5. The molecule has 0 aliphatic rings. The lowest BCUT2D eigenvalue weighted by Gasteiger charge is -2.06. The molecule has 0 unspecified atom stereocenters. The summed E-state index contributed by atoms with van der Waals surface area (Å²) in [5.41, 5.74) is 0.484. The molecule has 3 N–H and O–H groups in total. The normalized spacial score (nSPS) is 11.4. The van der Waals surface area contributed by atoms with Crippen molar-refractivity contribution in [3.8, 4) is 0 Å². The van der Waals surface area contributed by atoms with E-state index in [1.165, 1.54) is 36.5 Å². The third-order valence-corrected chi connectivity index (χ3v) is 3.62. The summed E-state index contributed by atoms with van der Waals surface area (Å²) in [7, 11) is -4.35. The molecule has 0 saturated heterocycles. The first-order chi connectivity index (χ1) is 10.9. The molecular weight excluding hydrogens is 323 g/mol. The maximum Gasteiger partial charge on any atom is 0.323 e. The van der Waals surface area contributed by atoms with Gasteiger partial charge < -0.3 is 10.6 Å². The fraction of sp³-hybridized carbons (Fsp3) is 0. The molecule has 0 aliphatic carbocycles. The monoisotopic (exact) mass is 336 g/mol. The Kier molecular flexibility index (Phi) is 5.09. The Balaban J connectivity index is 1.99. The molecule has 23 heavy (non-hydrogen) atoms. The molecule has 0 saturated carbocycles. The van der Waals surface area contributed by atoms with E-state index in [-0.39, 0.29) is 10.6 Å². The second-order valence-corrected chi connectivity index (χ2v) is 5.88.